The summed E-state index contributed by atoms with van der Waals surface area (Å²) in [7, 11) is 0. The van der Waals surface area contributed by atoms with Crippen molar-refractivity contribution in [3.8, 4) is 6.07 Å². The Kier molecular flexibility index (Phi) is 6.03. The van der Waals surface area contributed by atoms with E-state index in [4.69, 9.17) is 5.26 Å². The first-order valence-electron chi connectivity index (χ1n) is 7.38. The van der Waals surface area contributed by atoms with Gasteiger partial charge in [0.1, 0.15) is 17.9 Å². The molecular formula is C17H15F4N3S. The first-order chi connectivity index (χ1) is 11.8. The number of nitriles is 1. The van der Waals surface area contributed by atoms with Gasteiger partial charge >= 0.3 is 6.18 Å². The average molecular weight is 369 g/mol. The second-order valence-electron chi connectivity index (χ2n) is 5.30. The van der Waals surface area contributed by atoms with Crippen molar-refractivity contribution in [3.05, 3.63) is 59.2 Å². The van der Waals surface area contributed by atoms with E-state index in [1.54, 1.807) is 6.92 Å². The van der Waals surface area contributed by atoms with Gasteiger partial charge in [-0.15, -0.1) is 0 Å². The molecule has 0 spiro atoms. The molecule has 0 unspecified atom stereocenters. The minimum absolute atomic E-state index is 0.0369. The molecule has 1 atom stereocenters. The Bertz CT molecular complexity index is 786. The molecule has 2 rings (SSSR count). The van der Waals surface area contributed by atoms with Crippen LogP contribution < -0.4 is 0 Å². The zero-order valence-corrected chi connectivity index (χ0v) is 14.3. The summed E-state index contributed by atoms with van der Waals surface area (Å²) in [5.41, 5.74) is 0.383. The molecule has 0 aliphatic carbocycles. The van der Waals surface area contributed by atoms with E-state index in [-0.39, 0.29) is 23.2 Å². The molecule has 2 aromatic rings. The minimum atomic E-state index is -4.55. The summed E-state index contributed by atoms with van der Waals surface area (Å²) in [5, 5.41) is 8.90. The predicted molar refractivity (Wildman–Crippen MR) is 87.1 cm³/mol. The standard InChI is InChI=1S/C17H15F4N3S/c1-3-24(25-14-7-12(8-22)9-23-10-14)16(17(19,20)21)13-4-5-15(18)11(2)6-13/h4-7,9-10,16H,3H2,1-2H3/t16-/m0/s1. The van der Waals surface area contributed by atoms with Crippen molar-refractivity contribution >= 4 is 11.9 Å². The average Bonchev–Trinajstić information content (AvgIpc) is 2.56. The molecule has 1 aromatic carbocycles. The van der Waals surface area contributed by atoms with Gasteiger partial charge in [0.25, 0.3) is 0 Å². The Balaban J connectivity index is 2.40. The normalized spacial score (nSPS) is 12.9. The highest BCUT2D eigenvalue weighted by molar-refractivity contribution is 7.97. The zero-order chi connectivity index (χ0) is 18.6. The topological polar surface area (TPSA) is 39.9 Å². The van der Waals surface area contributed by atoms with Crippen molar-refractivity contribution in [2.45, 2.75) is 31.0 Å². The van der Waals surface area contributed by atoms with Gasteiger partial charge in [0.2, 0.25) is 0 Å². The third-order valence-electron chi connectivity index (χ3n) is 3.47. The summed E-state index contributed by atoms with van der Waals surface area (Å²) >= 11 is 0.864. The lowest BCUT2D eigenvalue weighted by Crippen LogP contribution is -2.34. The molecule has 132 valence electrons. The van der Waals surface area contributed by atoms with Crippen LogP contribution >= 0.6 is 11.9 Å². The third-order valence-corrected chi connectivity index (χ3v) is 4.61. The number of benzene rings is 1. The van der Waals surface area contributed by atoms with Crippen molar-refractivity contribution in [2.75, 3.05) is 6.54 Å². The number of hydrogen-bond acceptors (Lipinski definition) is 4. The van der Waals surface area contributed by atoms with Crippen LogP contribution in [0.4, 0.5) is 17.6 Å². The lowest BCUT2D eigenvalue weighted by Gasteiger charge is -2.31. The summed E-state index contributed by atoms with van der Waals surface area (Å²) in [5.74, 6) is -0.550. The lowest BCUT2D eigenvalue weighted by atomic mass is 10.0. The molecule has 0 fully saturated rings. The van der Waals surface area contributed by atoms with Crippen LogP contribution in [0.25, 0.3) is 0 Å². The number of aryl methyl sites for hydroxylation is 1. The largest absolute Gasteiger partial charge is 0.408 e. The fraction of sp³-hybridized carbons (Fsp3) is 0.294. The van der Waals surface area contributed by atoms with Crippen LogP contribution in [0.3, 0.4) is 0 Å². The van der Waals surface area contributed by atoms with E-state index in [1.165, 1.54) is 31.5 Å². The molecule has 0 saturated heterocycles. The van der Waals surface area contributed by atoms with Gasteiger partial charge in [-0.3, -0.25) is 4.98 Å². The highest BCUT2D eigenvalue weighted by Gasteiger charge is 2.45. The molecule has 0 amide bonds. The number of nitrogens with zero attached hydrogens (tertiary/aromatic N) is 3. The molecule has 8 heteroatoms. The third kappa shape index (κ3) is 4.71. The smallest absolute Gasteiger partial charge is 0.262 e. The lowest BCUT2D eigenvalue weighted by molar-refractivity contribution is -0.172. The van der Waals surface area contributed by atoms with E-state index in [0.29, 0.717) is 4.90 Å². The van der Waals surface area contributed by atoms with Crippen LogP contribution in [0, 0.1) is 24.1 Å². The van der Waals surface area contributed by atoms with Gasteiger partial charge in [-0.05, 0) is 42.1 Å². The monoisotopic (exact) mass is 369 g/mol. The van der Waals surface area contributed by atoms with Gasteiger partial charge in [0, 0.05) is 23.8 Å². The summed E-state index contributed by atoms with van der Waals surface area (Å²) in [4.78, 5) is 4.29. The molecule has 25 heavy (non-hydrogen) atoms. The molecule has 0 aliphatic heterocycles. The number of halogens is 4. The van der Waals surface area contributed by atoms with E-state index < -0.39 is 18.0 Å². The van der Waals surface area contributed by atoms with Crippen molar-refractivity contribution in [2.24, 2.45) is 0 Å². The predicted octanol–water partition coefficient (Wildman–Crippen LogP) is 5.03. The molecule has 0 radical (unpaired) electrons. The van der Waals surface area contributed by atoms with E-state index in [2.05, 4.69) is 4.98 Å². The second-order valence-corrected chi connectivity index (χ2v) is 6.42. The first-order valence-corrected chi connectivity index (χ1v) is 8.16. The van der Waals surface area contributed by atoms with Gasteiger partial charge in [0.05, 0.1) is 5.56 Å². The highest BCUT2D eigenvalue weighted by atomic mass is 32.2. The summed E-state index contributed by atoms with van der Waals surface area (Å²) in [6.07, 6.45) is -1.81. The summed E-state index contributed by atoms with van der Waals surface area (Å²) < 4.78 is 55.7. The Morgan fingerprint density at radius 1 is 1.28 bits per heavy atom. The molecule has 0 aliphatic rings. The van der Waals surface area contributed by atoms with Crippen molar-refractivity contribution < 1.29 is 17.6 Å². The Hall–Kier alpha value is -2.11. The van der Waals surface area contributed by atoms with E-state index in [9.17, 15) is 17.6 Å². The zero-order valence-electron chi connectivity index (χ0n) is 13.5. The van der Waals surface area contributed by atoms with E-state index in [1.807, 2.05) is 6.07 Å². The molecule has 1 aromatic heterocycles. The number of hydrogen-bond donors (Lipinski definition) is 0. The maximum atomic E-state index is 13.7. The Morgan fingerprint density at radius 3 is 2.56 bits per heavy atom. The molecule has 3 nitrogen and oxygen atoms in total. The van der Waals surface area contributed by atoms with Crippen molar-refractivity contribution in [1.29, 1.82) is 5.26 Å². The maximum absolute atomic E-state index is 13.7. The molecule has 0 N–H and O–H groups in total. The number of rotatable bonds is 5. The van der Waals surface area contributed by atoms with Crippen LogP contribution in [-0.4, -0.2) is 22.0 Å². The van der Waals surface area contributed by atoms with Crippen molar-refractivity contribution in [3.63, 3.8) is 0 Å². The van der Waals surface area contributed by atoms with Crippen LogP contribution in [0.15, 0.2) is 41.6 Å². The minimum Gasteiger partial charge on any atom is -0.262 e. The van der Waals surface area contributed by atoms with E-state index >= 15 is 0 Å². The van der Waals surface area contributed by atoms with E-state index in [0.717, 1.165) is 28.4 Å². The maximum Gasteiger partial charge on any atom is 0.408 e. The second kappa shape index (κ2) is 7.85. The van der Waals surface area contributed by atoms with Crippen LogP contribution in [0.2, 0.25) is 0 Å². The van der Waals surface area contributed by atoms with Gasteiger partial charge in [-0.1, -0.05) is 19.1 Å². The van der Waals surface area contributed by atoms with Crippen LogP contribution in [0.1, 0.15) is 29.7 Å². The fourth-order valence-electron chi connectivity index (χ4n) is 2.32. The molecular weight excluding hydrogens is 354 g/mol. The van der Waals surface area contributed by atoms with Crippen LogP contribution in [-0.2, 0) is 0 Å². The molecule has 1 heterocycles. The molecule has 0 bridgehead atoms. The van der Waals surface area contributed by atoms with Gasteiger partial charge < -0.3 is 0 Å². The quantitative estimate of drug-likeness (QED) is 0.547. The molecule has 0 saturated carbocycles. The summed E-state index contributed by atoms with van der Waals surface area (Å²) in [6.45, 7) is 3.11. The number of pyridine rings is 1. The van der Waals surface area contributed by atoms with Crippen LogP contribution in [0.5, 0.6) is 0 Å². The Morgan fingerprint density at radius 2 is 2.00 bits per heavy atom. The Labute approximate surface area is 147 Å². The van der Waals surface area contributed by atoms with Crippen molar-refractivity contribution in [1.82, 2.24) is 9.29 Å². The fourth-order valence-corrected chi connectivity index (χ4v) is 3.36. The number of aromatic nitrogens is 1. The summed E-state index contributed by atoms with van der Waals surface area (Å²) in [6, 6.07) is 4.87. The van der Waals surface area contributed by atoms with Gasteiger partial charge in [-0.2, -0.15) is 18.4 Å². The SMILES string of the molecule is CCN(Sc1cncc(C#N)c1)[C@@H](c1ccc(F)c(C)c1)C(F)(F)F. The van der Waals surface area contributed by atoms with Gasteiger partial charge in [-0.25, -0.2) is 8.70 Å². The highest BCUT2D eigenvalue weighted by Crippen LogP contribution is 2.42. The number of alkyl halides is 3. The first kappa shape index (κ1) is 19.2. The van der Waals surface area contributed by atoms with Gasteiger partial charge in [0.15, 0.2) is 0 Å².